The number of rotatable bonds is 6. The van der Waals surface area contributed by atoms with Crippen LogP contribution in [0, 0.1) is 13.8 Å². The molecule has 6 heteroatoms. The molecule has 29 heavy (non-hydrogen) atoms. The third kappa shape index (κ3) is 5.30. The summed E-state index contributed by atoms with van der Waals surface area (Å²) in [6, 6.07) is 8.31. The Hall–Kier alpha value is -2.08. The van der Waals surface area contributed by atoms with E-state index in [4.69, 9.17) is 4.74 Å². The minimum atomic E-state index is 0.146. The molecule has 1 aliphatic rings. The third-order valence-electron chi connectivity index (χ3n) is 5.75. The summed E-state index contributed by atoms with van der Waals surface area (Å²) in [6.45, 7) is 4.86. The lowest BCUT2D eigenvalue weighted by Gasteiger charge is -2.31. The zero-order valence-corrected chi connectivity index (χ0v) is 18.7. The fraction of sp³-hybridized carbons (Fsp3) is 0.522. The smallest absolute Gasteiger partial charge is 0.223 e. The van der Waals surface area contributed by atoms with Crippen LogP contribution in [-0.2, 0) is 11.2 Å². The Kier molecular flexibility index (Phi) is 7.53. The maximum absolute atomic E-state index is 13.2. The van der Waals surface area contributed by atoms with Crippen molar-refractivity contribution in [1.82, 2.24) is 14.9 Å². The van der Waals surface area contributed by atoms with Gasteiger partial charge in [0.2, 0.25) is 5.91 Å². The molecule has 3 rings (SSSR count). The van der Waals surface area contributed by atoms with Crippen molar-refractivity contribution in [2.45, 2.75) is 63.6 Å². The monoisotopic (exact) mass is 413 g/mol. The molecule has 0 N–H and O–H groups in total. The molecule has 5 nitrogen and oxygen atoms in total. The molecule has 1 fully saturated rings. The molecule has 1 aliphatic heterocycles. The Bertz CT molecular complexity index is 816. The molecule has 1 saturated heterocycles. The minimum Gasteiger partial charge on any atom is -0.497 e. The largest absolute Gasteiger partial charge is 0.497 e. The SMILES string of the molecule is COc1ccc([C@H]2CCCCCN2C(=O)CCc2c(C)nc(SC)nc2C)cc1. The van der Waals surface area contributed by atoms with Crippen LogP contribution in [0.5, 0.6) is 5.75 Å². The molecule has 156 valence electrons. The summed E-state index contributed by atoms with van der Waals surface area (Å²) < 4.78 is 5.29. The first-order chi connectivity index (χ1) is 14.0. The molecule has 1 amide bonds. The van der Waals surface area contributed by atoms with Crippen LogP contribution in [0.25, 0.3) is 0 Å². The fourth-order valence-corrected chi connectivity index (χ4v) is 4.57. The molecular weight excluding hydrogens is 382 g/mol. The van der Waals surface area contributed by atoms with E-state index in [9.17, 15) is 4.79 Å². The van der Waals surface area contributed by atoms with Gasteiger partial charge in [-0.25, -0.2) is 9.97 Å². The van der Waals surface area contributed by atoms with E-state index >= 15 is 0 Å². The summed E-state index contributed by atoms with van der Waals surface area (Å²) >= 11 is 1.55. The predicted octanol–water partition coefficient (Wildman–Crippen LogP) is 4.90. The molecule has 1 aromatic carbocycles. The van der Waals surface area contributed by atoms with Crippen molar-refractivity contribution in [2.24, 2.45) is 0 Å². The first-order valence-electron chi connectivity index (χ1n) is 10.3. The molecule has 0 saturated carbocycles. The van der Waals surface area contributed by atoms with E-state index in [-0.39, 0.29) is 11.9 Å². The van der Waals surface area contributed by atoms with Crippen LogP contribution in [0.2, 0.25) is 0 Å². The standard InChI is InChI=1S/C23H31N3O2S/c1-16-20(17(2)25-23(24-16)29-4)13-14-22(27)26-15-7-5-6-8-21(26)18-9-11-19(28-3)12-10-18/h9-12,21H,5-8,13-15H2,1-4H3/t21-/m1/s1. The number of thioether (sulfide) groups is 1. The lowest BCUT2D eigenvalue weighted by atomic mass is 9.99. The van der Waals surface area contributed by atoms with Gasteiger partial charge in [0.15, 0.2) is 5.16 Å². The van der Waals surface area contributed by atoms with Crippen molar-refractivity contribution in [3.63, 3.8) is 0 Å². The van der Waals surface area contributed by atoms with Gasteiger partial charge >= 0.3 is 0 Å². The number of amides is 1. The number of likely N-dealkylation sites (tertiary alicyclic amines) is 1. The van der Waals surface area contributed by atoms with Gasteiger partial charge in [0.1, 0.15) is 5.75 Å². The molecule has 0 spiro atoms. The summed E-state index contributed by atoms with van der Waals surface area (Å²) in [4.78, 5) is 24.4. The van der Waals surface area contributed by atoms with Crippen molar-refractivity contribution >= 4 is 17.7 Å². The Balaban J connectivity index is 1.74. The highest BCUT2D eigenvalue weighted by Gasteiger charge is 2.27. The highest BCUT2D eigenvalue weighted by atomic mass is 32.2. The second-order valence-corrected chi connectivity index (χ2v) is 8.36. The van der Waals surface area contributed by atoms with Crippen molar-refractivity contribution in [1.29, 1.82) is 0 Å². The van der Waals surface area contributed by atoms with E-state index in [0.29, 0.717) is 12.8 Å². The molecule has 1 atom stereocenters. The first kappa shape index (κ1) is 21.6. The first-order valence-corrected chi connectivity index (χ1v) is 11.6. The van der Waals surface area contributed by atoms with E-state index in [2.05, 4.69) is 27.0 Å². The van der Waals surface area contributed by atoms with Crippen molar-refractivity contribution in [2.75, 3.05) is 19.9 Å². The predicted molar refractivity (Wildman–Crippen MR) is 118 cm³/mol. The van der Waals surface area contributed by atoms with Gasteiger partial charge < -0.3 is 9.64 Å². The number of nitrogens with zero attached hydrogens (tertiary/aromatic N) is 3. The van der Waals surface area contributed by atoms with Crippen LogP contribution in [0.15, 0.2) is 29.4 Å². The Morgan fingerprint density at radius 2 is 1.83 bits per heavy atom. The molecule has 0 unspecified atom stereocenters. The lowest BCUT2D eigenvalue weighted by Crippen LogP contribution is -2.35. The highest BCUT2D eigenvalue weighted by molar-refractivity contribution is 7.98. The van der Waals surface area contributed by atoms with E-state index < -0.39 is 0 Å². The van der Waals surface area contributed by atoms with Gasteiger partial charge in [0.05, 0.1) is 13.2 Å². The van der Waals surface area contributed by atoms with E-state index in [1.54, 1.807) is 18.9 Å². The van der Waals surface area contributed by atoms with Crippen molar-refractivity contribution in [3.05, 3.63) is 46.8 Å². The highest BCUT2D eigenvalue weighted by Crippen LogP contribution is 2.32. The quantitative estimate of drug-likeness (QED) is 0.498. The number of methoxy groups -OCH3 is 1. The third-order valence-corrected chi connectivity index (χ3v) is 6.29. The van der Waals surface area contributed by atoms with Crippen LogP contribution < -0.4 is 4.74 Å². The van der Waals surface area contributed by atoms with Crippen LogP contribution in [0.1, 0.15) is 60.7 Å². The van der Waals surface area contributed by atoms with Gasteiger partial charge in [-0.15, -0.1) is 0 Å². The molecule has 0 bridgehead atoms. The number of ether oxygens (including phenoxy) is 1. The average molecular weight is 414 g/mol. The number of hydrogen-bond donors (Lipinski definition) is 0. The Morgan fingerprint density at radius 3 is 2.45 bits per heavy atom. The van der Waals surface area contributed by atoms with Crippen molar-refractivity contribution < 1.29 is 9.53 Å². The maximum atomic E-state index is 13.2. The van der Waals surface area contributed by atoms with Gasteiger partial charge in [-0.05, 0) is 62.6 Å². The number of aromatic nitrogens is 2. The van der Waals surface area contributed by atoms with Crippen LogP contribution >= 0.6 is 11.8 Å². The van der Waals surface area contributed by atoms with Gasteiger partial charge in [0, 0.05) is 24.4 Å². The summed E-state index contributed by atoms with van der Waals surface area (Å²) in [6.07, 6.45) is 7.59. The molecule has 2 aromatic rings. The van der Waals surface area contributed by atoms with E-state index in [0.717, 1.165) is 53.7 Å². The van der Waals surface area contributed by atoms with Gasteiger partial charge in [-0.3, -0.25) is 4.79 Å². The van der Waals surface area contributed by atoms with Gasteiger partial charge in [-0.1, -0.05) is 36.7 Å². The summed E-state index contributed by atoms with van der Waals surface area (Å²) in [5.74, 6) is 1.07. The second-order valence-electron chi connectivity index (χ2n) is 7.59. The Labute approximate surface area is 178 Å². The zero-order valence-electron chi connectivity index (χ0n) is 17.9. The average Bonchev–Trinajstić information content (AvgIpc) is 2.99. The zero-order chi connectivity index (χ0) is 20.8. The molecular formula is C23H31N3O2S. The number of benzene rings is 1. The van der Waals surface area contributed by atoms with E-state index in [1.165, 1.54) is 12.0 Å². The molecule has 1 aromatic heterocycles. The normalized spacial score (nSPS) is 17.1. The number of aryl methyl sites for hydroxylation is 2. The van der Waals surface area contributed by atoms with Crippen molar-refractivity contribution in [3.8, 4) is 5.75 Å². The van der Waals surface area contributed by atoms with E-state index in [1.807, 2.05) is 32.2 Å². The second kappa shape index (κ2) is 10.1. The number of carbonyl (C=O) groups excluding carboxylic acids is 1. The lowest BCUT2D eigenvalue weighted by molar-refractivity contribution is -0.133. The number of carbonyl (C=O) groups is 1. The Morgan fingerprint density at radius 1 is 1.14 bits per heavy atom. The molecule has 0 aliphatic carbocycles. The fourth-order valence-electron chi connectivity index (χ4n) is 4.12. The summed E-state index contributed by atoms with van der Waals surface area (Å²) in [5.41, 5.74) is 4.27. The molecule has 0 radical (unpaired) electrons. The number of hydrogen-bond acceptors (Lipinski definition) is 5. The molecule has 2 heterocycles. The van der Waals surface area contributed by atoms with Crippen LogP contribution in [0.4, 0.5) is 0 Å². The minimum absolute atomic E-state index is 0.146. The maximum Gasteiger partial charge on any atom is 0.223 e. The summed E-state index contributed by atoms with van der Waals surface area (Å²) in [5, 5.41) is 0.794. The van der Waals surface area contributed by atoms with Gasteiger partial charge in [0.25, 0.3) is 0 Å². The summed E-state index contributed by atoms with van der Waals surface area (Å²) in [7, 11) is 1.68. The van der Waals surface area contributed by atoms with Crippen LogP contribution in [0.3, 0.4) is 0 Å². The topological polar surface area (TPSA) is 55.3 Å². The van der Waals surface area contributed by atoms with Gasteiger partial charge in [-0.2, -0.15) is 0 Å². The van der Waals surface area contributed by atoms with Crippen LogP contribution in [-0.4, -0.2) is 40.7 Å².